The van der Waals surface area contributed by atoms with E-state index in [0.717, 1.165) is 25.5 Å². The molecule has 1 aromatic carbocycles. The number of halogens is 3. The SMILES string of the molecule is CCCCOCCOCCNC(=NC)NC(C)c1ccc(F)cc1F.I. The molecule has 0 fully saturated rings. The van der Waals surface area contributed by atoms with Gasteiger partial charge < -0.3 is 20.1 Å². The first-order valence-electron chi connectivity index (χ1n) is 8.66. The minimum absolute atomic E-state index is 0. The maximum Gasteiger partial charge on any atom is 0.191 e. The number of nitrogens with zero attached hydrogens (tertiary/aromatic N) is 1. The third-order valence-electron chi connectivity index (χ3n) is 3.56. The number of unbranched alkanes of at least 4 members (excludes halogenated alkanes) is 1. The van der Waals surface area contributed by atoms with Gasteiger partial charge in [0.05, 0.1) is 25.9 Å². The van der Waals surface area contributed by atoms with Crippen molar-refractivity contribution in [1.82, 2.24) is 10.6 Å². The molecule has 1 rings (SSSR count). The van der Waals surface area contributed by atoms with Gasteiger partial charge in [0.2, 0.25) is 0 Å². The molecule has 1 unspecified atom stereocenters. The Hall–Kier alpha value is -1.00. The van der Waals surface area contributed by atoms with E-state index < -0.39 is 11.6 Å². The van der Waals surface area contributed by atoms with Crippen LogP contribution in [0.15, 0.2) is 23.2 Å². The standard InChI is InChI=1S/C18H29F2N3O2.HI/c1-4-5-9-24-11-12-25-10-8-22-18(21-3)23-14(2)16-7-6-15(19)13-17(16)20;/h6-7,13-14H,4-5,8-12H2,1-3H3,(H2,21,22,23);1H. The highest BCUT2D eigenvalue weighted by atomic mass is 127. The summed E-state index contributed by atoms with van der Waals surface area (Å²) in [5, 5.41) is 6.15. The molecule has 26 heavy (non-hydrogen) atoms. The number of ether oxygens (including phenoxy) is 2. The fraction of sp³-hybridized carbons (Fsp3) is 0.611. The molecule has 0 saturated carbocycles. The highest BCUT2D eigenvalue weighted by molar-refractivity contribution is 14.0. The molecule has 0 bridgehead atoms. The Labute approximate surface area is 172 Å². The molecule has 150 valence electrons. The minimum atomic E-state index is -0.591. The fourth-order valence-corrected chi connectivity index (χ4v) is 2.14. The van der Waals surface area contributed by atoms with E-state index in [1.165, 1.54) is 12.1 Å². The van der Waals surface area contributed by atoms with Gasteiger partial charge in [-0.1, -0.05) is 19.4 Å². The predicted molar refractivity (Wildman–Crippen MR) is 111 cm³/mol. The molecular formula is C18H30F2IN3O2. The van der Waals surface area contributed by atoms with Gasteiger partial charge in [0.1, 0.15) is 11.6 Å². The van der Waals surface area contributed by atoms with E-state index in [1.54, 1.807) is 14.0 Å². The van der Waals surface area contributed by atoms with E-state index >= 15 is 0 Å². The Bertz CT molecular complexity index is 533. The number of nitrogens with one attached hydrogen (secondary N) is 2. The lowest BCUT2D eigenvalue weighted by molar-refractivity contribution is 0.0487. The summed E-state index contributed by atoms with van der Waals surface area (Å²) in [7, 11) is 1.63. The van der Waals surface area contributed by atoms with E-state index in [-0.39, 0.29) is 30.0 Å². The molecule has 0 saturated heterocycles. The van der Waals surface area contributed by atoms with E-state index in [2.05, 4.69) is 22.5 Å². The number of guanidine groups is 1. The molecule has 0 aliphatic heterocycles. The number of aliphatic imine (C=N–C) groups is 1. The van der Waals surface area contributed by atoms with Crippen LogP contribution in [0.3, 0.4) is 0 Å². The molecule has 1 aromatic rings. The zero-order chi connectivity index (χ0) is 18.5. The zero-order valence-electron chi connectivity index (χ0n) is 15.7. The van der Waals surface area contributed by atoms with Crippen molar-refractivity contribution in [3.8, 4) is 0 Å². The Morgan fingerprint density at radius 1 is 1.15 bits per heavy atom. The van der Waals surface area contributed by atoms with Gasteiger partial charge in [0.15, 0.2) is 5.96 Å². The van der Waals surface area contributed by atoms with Crippen molar-refractivity contribution in [3.05, 3.63) is 35.4 Å². The van der Waals surface area contributed by atoms with Gasteiger partial charge in [-0.2, -0.15) is 0 Å². The van der Waals surface area contributed by atoms with Crippen molar-refractivity contribution < 1.29 is 18.3 Å². The van der Waals surface area contributed by atoms with Crippen LogP contribution in [0, 0.1) is 11.6 Å². The van der Waals surface area contributed by atoms with Crippen LogP contribution in [-0.4, -0.2) is 46.0 Å². The summed E-state index contributed by atoms with van der Waals surface area (Å²) >= 11 is 0. The van der Waals surface area contributed by atoms with Crippen LogP contribution in [0.5, 0.6) is 0 Å². The topological polar surface area (TPSA) is 54.9 Å². The van der Waals surface area contributed by atoms with E-state index in [4.69, 9.17) is 9.47 Å². The zero-order valence-corrected chi connectivity index (χ0v) is 18.0. The molecule has 0 spiro atoms. The minimum Gasteiger partial charge on any atom is -0.379 e. The van der Waals surface area contributed by atoms with Gasteiger partial charge in [0, 0.05) is 31.8 Å². The van der Waals surface area contributed by atoms with Crippen LogP contribution < -0.4 is 10.6 Å². The van der Waals surface area contributed by atoms with E-state index in [0.29, 0.717) is 37.9 Å². The quantitative estimate of drug-likeness (QED) is 0.218. The molecule has 0 aliphatic carbocycles. The summed E-state index contributed by atoms with van der Waals surface area (Å²) in [6, 6.07) is 3.19. The monoisotopic (exact) mass is 485 g/mol. The van der Waals surface area contributed by atoms with Gasteiger partial charge in [-0.15, -0.1) is 24.0 Å². The van der Waals surface area contributed by atoms with Crippen molar-refractivity contribution in [1.29, 1.82) is 0 Å². The molecule has 5 nitrogen and oxygen atoms in total. The molecule has 1 atom stereocenters. The predicted octanol–water partition coefficient (Wildman–Crippen LogP) is 3.64. The van der Waals surface area contributed by atoms with Crippen LogP contribution in [0.2, 0.25) is 0 Å². The highest BCUT2D eigenvalue weighted by Gasteiger charge is 2.13. The van der Waals surface area contributed by atoms with Crippen molar-refractivity contribution in [3.63, 3.8) is 0 Å². The summed E-state index contributed by atoms with van der Waals surface area (Å²) in [5.41, 5.74) is 0.379. The normalized spacial score (nSPS) is 12.4. The first kappa shape index (κ1) is 25.0. The largest absolute Gasteiger partial charge is 0.379 e. The van der Waals surface area contributed by atoms with Crippen molar-refractivity contribution >= 4 is 29.9 Å². The maximum atomic E-state index is 13.8. The molecule has 0 radical (unpaired) electrons. The Morgan fingerprint density at radius 3 is 2.46 bits per heavy atom. The highest BCUT2D eigenvalue weighted by Crippen LogP contribution is 2.17. The summed E-state index contributed by atoms with van der Waals surface area (Å²) in [6.07, 6.45) is 2.19. The third kappa shape index (κ3) is 10.2. The van der Waals surface area contributed by atoms with Gasteiger partial charge in [-0.05, 0) is 19.4 Å². The second-order valence-corrected chi connectivity index (χ2v) is 5.61. The van der Waals surface area contributed by atoms with Crippen LogP contribution in [0.1, 0.15) is 38.3 Å². The summed E-state index contributed by atoms with van der Waals surface area (Å²) in [6.45, 7) is 6.89. The molecule has 8 heteroatoms. The lowest BCUT2D eigenvalue weighted by atomic mass is 10.1. The first-order chi connectivity index (χ1) is 12.1. The molecule has 2 N–H and O–H groups in total. The first-order valence-corrected chi connectivity index (χ1v) is 8.66. The van der Waals surface area contributed by atoms with Gasteiger partial charge in [0.25, 0.3) is 0 Å². The number of rotatable bonds is 11. The number of hydrogen-bond donors (Lipinski definition) is 2. The van der Waals surface area contributed by atoms with Gasteiger partial charge in [-0.25, -0.2) is 8.78 Å². The molecular weight excluding hydrogens is 455 g/mol. The van der Waals surface area contributed by atoms with Crippen LogP contribution in [0.4, 0.5) is 8.78 Å². The molecule has 0 heterocycles. The molecule has 0 aliphatic rings. The Kier molecular flexibility index (Phi) is 14.5. The second kappa shape index (κ2) is 15.1. The lowest BCUT2D eigenvalue weighted by Gasteiger charge is -2.18. The summed E-state index contributed by atoms with van der Waals surface area (Å²) < 4.78 is 37.6. The Balaban J connectivity index is 0.00000625. The molecule has 0 aromatic heterocycles. The third-order valence-corrected chi connectivity index (χ3v) is 3.56. The lowest BCUT2D eigenvalue weighted by Crippen LogP contribution is -2.40. The van der Waals surface area contributed by atoms with Crippen LogP contribution in [0.25, 0.3) is 0 Å². The van der Waals surface area contributed by atoms with Gasteiger partial charge >= 0.3 is 0 Å². The van der Waals surface area contributed by atoms with Crippen molar-refractivity contribution in [2.45, 2.75) is 32.7 Å². The second-order valence-electron chi connectivity index (χ2n) is 5.61. The number of hydrogen-bond acceptors (Lipinski definition) is 3. The maximum absolute atomic E-state index is 13.8. The van der Waals surface area contributed by atoms with Crippen LogP contribution in [-0.2, 0) is 9.47 Å². The summed E-state index contributed by atoms with van der Waals surface area (Å²) in [4.78, 5) is 4.09. The Morgan fingerprint density at radius 2 is 1.85 bits per heavy atom. The van der Waals surface area contributed by atoms with Gasteiger partial charge in [-0.3, -0.25) is 4.99 Å². The average Bonchev–Trinajstić information content (AvgIpc) is 2.59. The summed E-state index contributed by atoms with van der Waals surface area (Å²) in [5.74, 6) is -0.646. The van der Waals surface area contributed by atoms with E-state index in [9.17, 15) is 8.78 Å². The van der Waals surface area contributed by atoms with Crippen LogP contribution >= 0.6 is 24.0 Å². The van der Waals surface area contributed by atoms with Crippen molar-refractivity contribution in [2.75, 3.05) is 40.0 Å². The average molecular weight is 485 g/mol. The molecule has 0 amide bonds. The fourth-order valence-electron chi connectivity index (χ4n) is 2.14. The van der Waals surface area contributed by atoms with E-state index in [1.807, 2.05) is 0 Å². The smallest absolute Gasteiger partial charge is 0.191 e. The van der Waals surface area contributed by atoms with Crippen molar-refractivity contribution in [2.24, 2.45) is 4.99 Å². The number of benzene rings is 1.